The van der Waals surface area contributed by atoms with Crippen LogP contribution in [0, 0.1) is 33.2 Å². The van der Waals surface area contributed by atoms with Crippen LogP contribution < -0.4 is 51.4 Å². The van der Waals surface area contributed by atoms with Crippen molar-refractivity contribution in [2.45, 2.75) is 33.1 Å². The molecule has 0 aromatic rings. The number of hydrogen-bond acceptors (Lipinski definition) is 5. The van der Waals surface area contributed by atoms with Gasteiger partial charge in [0.25, 0.3) is 0 Å². The zero-order valence-corrected chi connectivity index (χ0v) is 17.2. The van der Waals surface area contributed by atoms with Crippen LogP contribution in [-0.2, 0) is 17.4 Å². The van der Waals surface area contributed by atoms with E-state index in [2.05, 4.69) is 26.5 Å². The Kier molecular flexibility index (Phi) is 16.7. The molecule has 0 aliphatic carbocycles. The molecule has 20 heavy (non-hydrogen) atoms. The Hall–Kier alpha value is 0.656. The largest absolute Gasteiger partial charge is 1.00 e. The molecule has 0 radical (unpaired) electrons. The van der Waals surface area contributed by atoms with Gasteiger partial charge < -0.3 is 17.5 Å². The average molecular weight is 338 g/mol. The molecule has 1 unspecified atom stereocenters. The fourth-order valence-corrected chi connectivity index (χ4v) is 2.44. The van der Waals surface area contributed by atoms with Gasteiger partial charge in [-0.1, -0.05) is 19.2 Å². The van der Waals surface area contributed by atoms with Crippen LogP contribution in [0.4, 0.5) is 0 Å². The molecule has 0 bridgehead atoms. The molecular weight excluding hydrogens is 317 g/mol. The van der Waals surface area contributed by atoms with Crippen molar-refractivity contribution in [3.8, 4) is 10.8 Å². The second kappa shape index (κ2) is 14.6. The summed E-state index contributed by atoms with van der Waals surface area (Å²) in [7, 11) is 0. The minimum absolute atomic E-state index is 0. The number of nitriles is 2. The van der Waals surface area contributed by atoms with Gasteiger partial charge >= 0.3 is 51.4 Å². The van der Waals surface area contributed by atoms with Crippen molar-refractivity contribution in [2.24, 2.45) is 11.8 Å². The Morgan fingerprint density at radius 2 is 2.10 bits per heavy atom. The summed E-state index contributed by atoms with van der Waals surface area (Å²) in [6.45, 7) is 6.30. The van der Waals surface area contributed by atoms with Crippen LogP contribution in [0.25, 0.3) is 0 Å². The smallest absolute Gasteiger partial charge is 0.696 e. The minimum atomic E-state index is 0. The molecule has 1 amide bonds. The molecule has 1 rings (SSSR count). The van der Waals surface area contributed by atoms with Gasteiger partial charge in [-0.25, -0.2) is 5.26 Å². The van der Waals surface area contributed by atoms with E-state index in [0.717, 1.165) is 31.7 Å². The van der Waals surface area contributed by atoms with Gasteiger partial charge in [-0.3, -0.25) is 4.79 Å². The van der Waals surface area contributed by atoms with Crippen molar-refractivity contribution >= 4 is 30.3 Å². The van der Waals surface area contributed by atoms with Gasteiger partial charge in [-0.15, -0.1) is 0 Å². The van der Waals surface area contributed by atoms with Crippen molar-refractivity contribution in [1.82, 2.24) is 4.90 Å². The topological polar surface area (TPSA) is 67.9 Å². The van der Waals surface area contributed by atoms with E-state index in [1.54, 1.807) is 0 Å². The molecule has 1 aliphatic rings. The number of amides is 1. The number of thiocyanates is 2. The van der Waals surface area contributed by atoms with E-state index in [-0.39, 0.29) is 57.3 Å². The second-order valence-corrected chi connectivity index (χ2v) is 5.83. The Labute approximate surface area is 174 Å². The van der Waals surface area contributed by atoms with E-state index < -0.39 is 0 Å². The van der Waals surface area contributed by atoms with Crippen LogP contribution >= 0.6 is 11.8 Å². The van der Waals surface area contributed by atoms with Crippen LogP contribution in [0.5, 0.6) is 0 Å². The van der Waals surface area contributed by atoms with Crippen LogP contribution in [0.15, 0.2) is 0 Å². The van der Waals surface area contributed by atoms with Crippen LogP contribution in [0.3, 0.4) is 0 Å². The first-order valence-corrected chi connectivity index (χ1v) is 7.76. The number of carbonyl (C=O) groups excluding carboxylic acids is 1. The minimum Gasteiger partial charge on any atom is -0.696 e. The Morgan fingerprint density at radius 3 is 2.55 bits per heavy atom. The van der Waals surface area contributed by atoms with Crippen molar-refractivity contribution in [1.29, 1.82) is 10.5 Å². The van der Waals surface area contributed by atoms with Crippen LogP contribution in [-0.4, -0.2) is 29.6 Å². The van der Waals surface area contributed by atoms with Gasteiger partial charge in [-0.05, 0) is 36.4 Å². The fraction of sp³-hybridized carbons (Fsp3) is 0.769. The zero-order valence-electron chi connectivity index (χ0n) is 12.5. The summed E-state index contributed by atoms with van der Waals surface area (Å²) in [6.07, 6.45) is 2.57. The number of carbonyl (C=O) groups is 1. The molecule has 7 heteroatoms. The first-order valence-electron chi connectivity index (χ1n) is 6.36. The van der Waals surface area contributed by atoms with Crippen molar-refractivity contribution in [3.05, 3.63) is 0 Å². The molecule has 0 saturated carbocycles. The summed E-state index contributed by atoms with van der Waals surface area (Å²) in [5.74, 6) is 2.38. The third kappa shape index (κ3) is 10.4. The van der Waals surface area contributed by atoms with Crippen LogP contribution in [0.1, 0.15) is 33.1 Å². The zero-order chi connectivity index (χ0) is 14.7. The first kappa shape index (κ1) is 22.9. The van der Waals surface area contributed by atoms with E-state index in [4.69, 9.17) is 10.5 Å². The van der Waals surface area contributed by atoms with Gasteiger partial charge in [0.15, 0.2) is 0 Å². The maximum absolute atomic E-state index is 11.8. The molecule has 0 spiro atoms. The molecule has 1 heterocycles. The number of nitrogens with zero attached hydrogens (tertiary/aromatic N) is 3. The summed E-state index contributed by atoms with van der Waals surface area (Å²) in [5.41, 5.74) is 0. The fourth-order valence-electron chi connectivity index (χ4n) is 2.06. The Bertz CT molecular complexity index is 353. The van der Waals surface area contributed by atoms with Gasteiger partial charge in [-0.2, -0.15) is 5.26 Å². The monoisotopic (exact) mass is 337 g/mol. The normalized spacial score (nSPS) is 16.4. The standard InChI is InChI=1S/C12H20N2OS.CHNS.K/c1-10(2)11-5-6-14(8-11)12(15)4-3-7-16-9-13;2-1-3;/h10-11H,3-8H2,1-2H3;3H;/q;;+1/p-1. The molecular formula is C13H20KN3OS2. The SMILES string of the molecule is CC(C)C1CCN(C(=O)CCCSC#N)C1.N#C[S-].[K+]. The van der Waals surface area contributed by atoms with Gasteiger partial charge in [0, 0.05) is 25.3 Å². The molecule has 1 fully saturated rings. The first-order chi connectivity index (χ1) is 9.06. The number of rotatable bonds is 5. The third-order valence-electron chi connectivity index (χ3n) is 3.22. The molecule has 0 N–H and O–H groups in total. The van der Waals surface area contributed by atoms with Gasteiger partial charge in [0.05, 0.1) is 0 Å². The molecule has 0 aromatic heterocycles. The quantitative estimate of drug-likeness (QED) is 0.293. The van der Waals surface area contributed by atoms with Crippen LogP contribution in [0.2, 0.25) is 0 Å². The molecule has 1 aliphatic heterocycles. The molecule has 0 aromatic carbocycles. The summed E-state index contributed by atoms with van der Waals surface area (Å²) in [4.78, 5) is 13.8. The Balaban J connectivity index is 0. The predicted octanol–water partition coefficient (Wildman–Crippen LogP) is -0.496. The van der Waals surface area contributed by atoms with E-state index in [1.807, 2.05) is 10.3 Å². The predicted molar refractivity (Wildman–Crippen MR) is 79.8 cm³/mol. The van der Waals surface area contributed by atoms with E-state index in [0.29, 0.717) is 18.3 Å². The van der Waals surface area contributed by atoms with Crippen molar-refractivity contribution < 1.29 is 56.2 Å². The maximum Gasteiger partial charge on any atom is 1.00 e. The summed E-state index contributed by atoms with van der Waals surface area (Å²) in [5, 5.41) is 18.8. The van der Waals surface area contributed by atoms with Crippen molar-refractivity contribution in [3.63, 3.8) is 0 Å². The number of thioether (sulfide) groups is 1. The van der Waals surface area contributed by atoms with Gasteiger partial charge in [0.2, 0.25) is 5.91 Å². The van der Waals surface area contributed by atoms with Crippen molar-refractivity contribution in [2.75, 3.05) is 18.8 Å². The van der Waals surface area contributed by atoms with E-state index >= 15 is 0 Å². The summed E-state index contributed by atoms with van der Waals surface area (Å²) < 4.78 is 0. The van der Waals surface area contributed by atoms with E-state index in [1.165, 1.54) is 17.2 Å². The molecule has 1 saturated heterocycles. The third-order valence-corrected chi connectivity index (χ3v) is 3.84. The molecule has 1 atom stereocenters. The van der Waals surface area contributed by atoms with Gasteiger partial charge in [0.1, 0.15) is 5.40 Å². The maximum atomic E-state index is 11.8. The Morgan fingerprint density at radius 1 is 1.50 bits per heavy atom. The number of likely N-dealkylation sites (tertiary alicyclic amines) is 1. The summed E-state index contributed by atoms with van der Waals surface area (Å²) in [6, 6.07) is 0. The molecule has 4 nitrogen and oxygen atoms in total. The summed E-state index contributed by atoms with van der Waals surface area (Å²) >= 11 is 4.93. The average Bonchev–Trinajstić information content (AvgIpc) is 2.85. The number of hydrogen-bond donors (Lipinski definition) is 0. The second-order valence-electron chi connectivity index (χ2n) is 4.77. The molecule has 106 valence electrons. The van der Waals surface area contributed by atoms with E-state index in [9.17, 15) is 4.79 Å².